The molecule has 7 aromatic carbocycles. The third kappa shape index (κ3) is 4.45. The largest absolute Gasteiger partial charge is 0.436 e. The third-order valence-corrected chi connectivity index (χ3v) is 11.5. The van der Waals surface area contributed by atoms with Crippen LogP contribution in [-0.2, 0) is 5.41 Å². The Bertz CT molecular complexity index is 2700. The molecule has 0 saturated heterocycles. The molecule has 4 heteroatoms. The standard InChI is InChI=1S/C46H32N2OS/c1-46(2)38-15-10-14-37(45-47-40-16-7-8-17-41(40)49-45)44(38)36-26-24-32(27-39(36)46)48(31-21-19-30(20-22-31)29-11-4-3-5-12-29)33-23-25-35-34-13-6-9-18-42(34)50-43(35)28-33/h3-28H,1-2H3. The Labute approximate surface area is 294 Å². The molecule has 0 spiro atoms. The minimum atomic E-state index is -0.221. The monoisotopic (exact) mass is 660 g/mol. The fraction of sp³-hybridized carbons (Fsp3) is 0.0652. The van der Waals surface area contributed by atoms with Crippen molar-refractivity contribution in [2.75, 3.05) is 4.90 Å². The van der Waals surface area contributed by atoms with Gasteiger partial charge in [-0.25, -0.2) is 4.98 Å². The van der Waals surface area contributed by atoms with E-state index in [2.05, 4.69) is 152 Å². The predicted octanol–water partition coefficient (Wildman–Crippen LogP) is 13.3. The second-order valence-electron chi connectivity index (χ2n) is 13.6. The second-order valence-corrected chi connectivity index (χ2v) is 14.7. The van der Waals surface area contributed by atoms with Gasteiger partial charge in [-0.1, -0.05) is 111 Å². The molecule has 0 fully saturated rings. The van der Waals surface area contributed by atoms with Crippen molar-refractivity contribution in [1.29, 1.82) is 0 Å². The van der Waals surface area contributed by atoms with E-state index in [1.165, 1.54) is 53.6 Å². The smallest absolute Gasteiger partial charge is 0.227 e. The molecule has 2 heterocycles. The van der Waals surface area contributed by atoms with Crippen molar-refractivity contribution < 1.29 is 4.42 Å². The first-order valence-corrected chi connectivity index (χ1v) is 17.9. The number of para-hydroxylation sites is 2. The van der Waals surface area contributed by atoms with Gasteiger partial charge in [0.15, 0.2) is 5.58 Å². The van der Waals surface area contributed by atoms with Gasteiger partial charge in [-0.15, -0.1) is 11.3 Å². The topological polar surface area (TPSA) is 29.3 Å². The van der Waals surface area contributed by atoms with Crippen LogP contribution in [0.1, 0.15) is 25.0 Å². The van der Waals surface area contributed by atoms with Crippen LogP contribution in [0.3, 0.4) is 0 Å². The highest BCUT2D eigenvalue weighted by molar-refractivity contribution is 7.25. The minimum absolute atomic E-state index is 0.221. The Kier molecular flexibility index (Phi) is 6.39. The van der Waals surface area contributed by atoms with Gasteiger partial charge in [0.25, 0.3) is 0 Å². The lowest BCUT2D eigenvalue weighted by atomic mass is 9.82. The van der Waals surface area contributed by atoms with Crippen LogP contribution in [-0.4, -0.2) is 4.98 Å². The van der Waals surface area contributed by atoms with E-state index in [9.17, 15) is 0 Å². The zero-order valence-corrected chi connectivity index (χ0v) is 28.5. The van der Waals surface area contributed by atoms with E-state index >= 15 is 0 Å². The zero-order chi connectivity index (χ0) is 33.4. The number of nitrogens with zero attached hydrogens (tertiary/aromatic N) is 2. The Hall–Kier alpha value is -5.97. The van der Waals surface area contributed by atoms with Crippen molar-refractivity contribution >= 4 is 59.7 Å². The van der Waals surface area contributed by atoms with E-state index in [0.717, 1.165) is 33.7 Å². The number of rotatable bonds is 5. The van der Waals surface area contributed by atoms with E-state index in [1.54, 1.807) is 0 Å². The molecule has 0 bridgehead atoms. The molecule has 0 atom stereocenters. The summed E-state index contributed by atoms with van der Waals surface area (Å²) in [6.45, 7) is 4.67. The highest BCUT2D eigenvalue weighted by Gasteiger charge is 2.38. The number of fused-ring (bicyclic) bond motifs is 7. The molecule has 0 saturated carbocycles. The van der Waals surface area contributed by atoms with Gasteiger partial charge >= 0.3 is 0 Å². The maximum Gasteiger partial charge on any atom is 0.227 e. The summed E-state index contributed by atoms with van der Waals surface area (Å²) in [4.78, 5) is 7.30. The Morgan fingerprint density at radius 3 is 2.10 bits per heavy atom. The van der Waals surface area contributed by atoms with Crippen molar-refractivity contribution in [3.05, 3.63) is 169 Å². The van der Waals surface area contributed by atoms with E-state index in [-0.39, 0.29) is 5.41 Å². The average Bonchev–Trinajstić information content (AvgIpc) is 3.83. The molecular formula is C46H32N2OS. The van der Waals surface area contributed by atoms with Crippen molar-refractivity contribution in [2.24, 2.45) is 0 Å². The van der Waals surface area contributed by atoms with E-state index in [0.29, 0.717) is 5.89 Å². The average molecular weight is 661 g/mol. The molecule has 2 aromatic heterocycles. The Morgan fingerprint density at radius 2 is 1.24 bits per heavy atom. The number of hydrogen-bond acceptors (Lipinski definition) is 4. The summed E-state index contributed by atoms with van der Waals surface area (Å²) in [5.41, 5.74) is 13.3. The predicted molar refractivity (Wildman–Crippen MR) is 210 cm³/mol. The first-order valence-electron chi connectivity index (χ1n) is 17.0. The molecule has 0 radical (unpaired) electrons. The number of thiophene rings is 1. The van der Waals surface area contributed by atoms with Crippen LogP contribution in [0, 0.1) is 0 Å². The summed E-state index contributed by atoms with van der Waals surface area (Å²) in [7, 11) is 0. The molecule has 50 heavy (non-hydrogen) atoms. The highest BCUT2D eigenvalue weighted by atomic mass is 32.1. The van der Waals surface area contributed by atoms with Gasteiger partial charge in [-0.05, 0) is 94.0 Å². The van der Waals surface area contributed by atoms with E-state index in [1.807, 2.05) is 35.6 Å². The fourth-order valence-corrected chi connectivity index (χ4v) is 8.95. The quantitative estimate of drug-likeness (QED) is 0.184. The molecule has 1 aliphatic carbocycles. The van der Waals surface area contributed by atoms with Crippen molar-refractivity contribution in [1.82, 2.24) is 4.98 Å². The normalized spacial score (nSPS) is 13.2. The van der Waals surface area contributed by atoms with Crippen LogP contribution in [0.5, 0.6) is 0 Å². The molecule has 238 valence electrons. The van der Waals surface area contributed by atoms with Gasteiger partial charge in [-0.2, -0.15) is 0 Å². The minimum Gasteiger partial charge on any atom is -0.436 e. The molecule has 0 N–H and O–H groups in total. The summed E-state index contributed by atoms with van der Waals surface area (Å²) >= 11 is 1.85. The van der Waals surface area contributed by atoms with Gasteiger partial charge in [0.1, 0.15) is 5.52 Å². The summed E-state index contributed by atoms with van der Waals surface area (Å²) in [5.74, 6) is 0.660. The fourth-order valence-electron chi connectivity index (χ4n) is 7.81. The van der Waals surface area contributed by atoms with Gasteiger partial charge in [-0.3, -0.25) is 0 Å². The maximum atomic E-state index is 6.32. The summed E-state index contributed by atoms with van der Waals surface area (Å²) in [5, 5.41) is 2.61. The first-order chi connectivity index (χ1) is 24.5. The zero-order valence-electron chi connectivity index (χ0n) is 27.7. The van der Waals surface area contributed by atoms with Crippen LogP contribution in [0.4, 0.5) is 17.1 Å². The lowest BCUT2D eigenvalue weighted by Crippen LogP contribution is -2.16. The second kappa shape index (κ2) is 11.0. The molecule has 0 aliphatic heterocycles. The highest BCUT2D eigenvalue weighted by Crippen LogP contribution is 2.54. The molecule has 0 unspecified atom stereocenters. The molecule has 9 aromatic rings. The lowest BCUT2D eigenvalue weighted by molar-refractivity contribution is 0.619. The van der Waals surface area contributed by atoms with Crippen LogP contribution < -0.4 is 4.90 Å². The SMILES string of the molecule is CC1(C)c2cc(N(c3ccc(-c4ccccc4)cc3)c3ccc4c(c3)sc3ccccc34)ccc2-c2c(-c3nc4ccccc4o3)cccc21. The van der Waals surface area contributed by atoms with E-state index in [4.69, 9.17) is 9.40 Å². The summed E-state index contributed by atoms with van der Waals surface area (Å²) < 4.78 is 8.91. The number of oxazole rings is 1. The summed E-state index contributed by atoms with van der Waals surface area (Å²) in [6.07, 6.45) is 0. The van der Waals surface area contributed by atoms with Crippen LogP contribution in [0.25, 0.3) is 65.0 Å². The lowest BCUT2D eigenvalue weighted by Gasteiger charge is -2.28. The van der Waals surface area contributed by atoms with E-state index < -0.39 is 0 Å². The van der Waals surface area contributed by atoms with Crippen molar-refractivity contribution in [3.8, 4) is 33.7 Å². The molecular weight excluding hydrogens is 629 g/mol. The molecule has 3 nitrogen and oxygen atoms in total. The number of benzene rings is 7. The van der Waals surface area contributed by atoms with Crippen LogP contribution in [0.15, 0.2) is 162 Å². The van der Waals surface area contributed by atoms with Crippen LogP contribution in [0.2, 0.25) is 0 Å². The van der Waals surface area contributed by atoms with Gasteiger partial charge < -0.3 is 9.32 Å². The number of aromatic nitrogens is 1. The Morgan fingerprint density at radius 1 is 0.540 bits per heavy atom. The number of hydrogen-bond donors (Lipinski definition) is 0. The summed E-state index contributed by atoms with van der Waals surface area (Å²) in [6, 6.07) is 56.6. The Balaban J connectivity index is 1.14. The molecule has 1 aliphatic rings. The van der Waals surface area contributed by atoms with Gasteiger partial charge in [0.05, 0.1) is 0 Å². The van der Waals surface area contributed by atoms with Crippen molar-refractivity contribution in [3.63, 3.8) is 0 Å². The first kappa shape index (κ1) is 29.0. The molecule has 0 amide bonds. The van der Waals surface area contributed by atoms with Crippen LogP contribution >= 0.6 is 11.3 Å². The van der Waals surface area contributed by atoms with Crippen molar-refractivity contribution in [2.45, 2.75) is 19.3 Å². The third-order valence-electron chi connectivity index (χ3n) is 10.3. The molecule has 10 rings (SSSR count). The van der Waals surface area contributed by atoms with Gasteiger partial charge in [0.2, 0.25) is 5.89 Å². The maximum absolute atomic E-state index is 6.32. The number of anilines is 3. The van der Waals surface area contributed by atoms with Gasteiger partial charge in [0, 0.05) is 48.2 Å².